The Labute approximate surface area is 132 Å². The standard InChI is InChI=1S/C16H16N6O/c1-21-7-8-22(9-11-3-2-5-17-14(11)21)15-13-12(4-6-18-15)16(23)20-10-19-13/h2-6,10H,7-9H2,1H3,(H,19,20,23). The molecule has 0 unspecified atom stereocenters. The molecule has 0 atom stereocenters. The van der Waals surface area contributed by atoms with Gasteiger partial charge in [-0.3, -0.25) is 4.79 Å². The number of anilines is 2. The Bertz CT molecular complexity index is 922. The predicted octanol–water partition coefficient (Wildman–Crippen LogP) is 1.17. The van der Waals surface area contributed by atoms with Crippen LogP contribution in [0.3, 0.4) is 0 Å². The van der Waals surface area contributed by atoms with Gasteiger partial charge in [0.15, 0.2) is 5.82 Å². The summed E-state index contributed by atoms with van der Waals surface area (Å²) in [4.78, 5) is 32.2. The molecule has 1 aliphatic heterocycles. The summed E-state index contributed by atoms with van der Waals surface area (Å²) in [5, 5.41) is 0.557. The van der Waals surface area contributed by atoms with Crippen LogP contribution in [0.25, 0.3) is 10.9 Å². The number of pyridine rings is 2. The predicted molar refractivity (Wildman–Crippen MR) is 88.7 cm³/mol. The molecule has 4 heterocycles. The maximum atomic E-state index is 12.0. The number of likely N-dealkylation sites (N-methyl/N-ethyl adjacent to an activating group) is 1. The third kappa shape index (κ3) is 2.30. The minimum absolute atomic E-state index is 0.146. The monoisotopic (exact) mass is 308 g/mol. The van der Waals surface area contributed by atoms with Gasteiger partial charge in [-0.2, -0.15) is 0 Å². The van der Waals surface area contributed by atoms with Crippen LogP contribution in [0.1, 0.15) is 5.56 Å². The summed E-state index contributed by atoms with van der Waals surface area (Å²) in [6, 6.07) is 5.71. The normalized spacial score (nSPS) is 14.7. The molecule has 4 rings (SSSR count). The van der Waals surface area contributed by atoms with Gasteiger partial charge in [-0.1, -0.05) is 6.07 Å². The molecule has 0 saturated carbocycles. The molecular weight excluding hydrogens is 292 g/mol. The molecule has 3 aromatic heterocycles. The molecule has 116 valence electrons. The van der Waals surface area contributed by atoms with Crippen LogP contribution in [0, 0.1) is 0 Å². The first-order chi connectivity index (χ1) is 11.2. The molecule has 0 amide bonds. The van der Waals surface area contributed by atoms with Gasteiger partial charge in [0.1, 0.15) is 11.3 Å². The van der Waals surface area contributed by atoms with Gasteiger partial charge in [0.25, 0.3) is 5.56 Å². The second-order valence-electron chi connectivity index (χ2n) is 5.59. The summed E-state index contributed by atoms with van der Waals surface area (Å²) in [7, 11) is 2.04. The quantitative estimate of drug-likeness (QED) is 0.727. The average molecular weight is 308 g/mol. The molecule has 1 aliphatic rings. The van der Waals surface area contributed by atoms with Crippen LogP contribution in [0.5, 0.6) is 0 Å². The second kappa shape index (κ2) is 5.35. The highest BCUT2D eigenvalue weighted by Crippen LogP contribution is 2.26. The van der Waals surface area contributed by atoms with Crippen molar-refractivity contribution in [1.82, 2.24) is 19.9 Å². The maximum absolute atomic E-state index is 12.0. The highest BCUT2D eigenvalue weighted by Gasteiger charge is 2.21. The van der Waals surface area contributed by atoms with Crippen molar-refractivity contribution < 1.29 is 0 Å². The molecule has 0 radical (unpaired) electrons. The first kappa shape index (κ1) is 13.7. The Hall–Kier alpha value is -2.96. The Kier molecular flexibility index (Phi) is 3.18. The number of hydrogen-bond donors (Lipinski definition) is 1. The van der Waals surface area contributed by atoms with Crippen LogP contribution < -0.4 is 15.4 Å². The lowest BCUT2D eigenvalue weighted by Crippen LogP contribution is -2.30. The van der Waals surface area contributed by atoms with Gasteiger partial charge < -0.3 is 14.8 Å². The van der Waals surface area contributed by atoms with Gasteiger partial charge in [-0.25, -0.2) is 15.0 Å². The van der Waals surface area contributed by atoms with Crippen molar-refractivity contribution in [3.63, 3.8) is 0 Å². The van der Waals surface area contributed by atoms with E-state index < -0.39 is 0 Å². The van der Waals surface area contributed by atoms with Crippen molar-refractivity contribution >= 4 is 22.5 Å². The Balaban J connectivity index is 1.83. The van der Waals surface area contributed by atoms with E-state index in [1.54, 1.807) is 12.3 Å². The summed E-state index contributed by atoms with van der Waals surface area (Å²) < 4.78 is 0. The van der Waals surface area contributed by atoms with E-state index in [2.05, 4.69) is 35.8 Å². The topological polar surface area (TPSA) is 78.0 Å². The van der Waals surface area contributed by atoms with Crippen molar-refractivity contribution in [2.75, 3.05) is 29.9 Å². The van der Waals surface area contributed by atoms with Gasteiger partial charge in [-0.05, 0) is 12.1 Å². The fourth-order valence-electron chi connectivity index (χ4n) is 2.96. The van der Waals surface area contributed by atoms with E-state index in [0.29, 0.717) is 17.4 Å². The first-order valence-electron chi connectivity index (χ1n) is 7.46. The Morgan fingerprint density at radius 2 is 1.96 bits per heavy atom. The summed E-state index contributed by atoms with van der Waals surface area (Å²) >= 11 is 0. The zero-order valence-corrected chi connectivity index (χ0v) is 12.7. The third-order valence-electron chi connectivity index (χ3n) is 4.13. The summed E-state index contributed by atoms with van der Waals surface area (Å²) in [5.41, 5.74) is 1.62. The van der Waals surface area contributed by atoms with E-state index in [-0.39, 0.29) is 5.56 Å². The molecule has 23 heavy (non-hydrogen) atoms. The van der Waals surface area contributed by atoms with E-state index in [4.69, 9.17) is 0 Å². The number of nitrogens with one attached hydrogen (secondary N) is 1. The van der Waals surface area contributed by atoms with Gasteiger partial charge in [0.05, 0.1) is 11.7 Å². The fourth-order valence-corrected chi connectivity index (χ4v) is 2.96. The molecular formula is C16H16N6O. The van der Waals surface area contributed by atoms with Crippen molar-refractivity contribution in [3.05, 3.63) is 52.8 Å². The smallest absolute Gasteiger partial charge is 0.258 e. The van der Waals surface area contributed by atoms with Crippen molar-refractivity contribution in [1.29, 1.82) is 0 Å². The summed E-state index contributed by atoms with van der Waals surface area (Å²) in [6.07, 6.45) is 4.89. The van der Waals surface area contributed by atoms with Crippen LogP contribution in [0.2, 0.25) is 0 Å². The van der Waals surface area contributed by atoms with Gasteiger partial charge in [-0.15, -0.1) is 0 Å². The molecule has 0 aliphatic carbocycles. The number of nitrogens with zero attached hydrogens (tertiary/aromatic N) is 5. The first-order valence-corrected chi connectivity index (χ1v) is 7.46. The molecule has 3 aromatic rings. The largest absolute Gasteiger partial charge is 0.358 e. The number of hydrogen-bond acceptors (Lipinski definition) is 6. The Morgan fingerprint density at radius 3 is 2.87 bits per heavy atom. The summed E-state index contributed by atoms with van der Waals surface area (Å²) in [5.74, 6) is 1.72. The number of rotatable bonds is 1. The van der Waals surface area contributed by atoms with E-state index in [1.807, 2.05) is 19.3 Å². The molecule has 0 saturated heterocycles. The zero-order chi connectivity index (χ0) is 15.8. The van der Waals surface area contributed by atoms with E-state index >= 15 is 0 Å². The van der Waals surface area contributed by atoms with Crippen LogP contribution in [0.15, 0.2) is 41.7 Å². The van der Waals surface area contributed by atoms with E-state index in [9.17, 15) is 4.79 Å². The molecule has 1 N–H and O–H groups in total. The third-order valence-corrected chi connectivity index (χ3v) is 4.13. The van der Waals surface area contributed by atoms with Crippen molar-refractivity contribution in [2.24, 2.45) is 0 Å². The lowest BCUT2D eigenvalue weighted by atomic mass is 10.2. The van der Waals surface area contributed by atoms with E-state index in [0.717, 1.165) is 30.3 Å². The van der Waals surface area contributed by atoms with Gasteiger partial charge >= 0.3 is 0 Å². The SMILES string of the molecule is CN1CCN(c2nccc3c(=O)[nH]cnc23)Cc2cccnc21. The van der Waals surface area contributed by atoms with Gasteiger partial charge in [0, 0.05) is 44.6 Å². The van der Waals surface area contributed by atoms with Crippen LogP contribution in [-0.2, 0) is 6.54 Å². The molecule has 7 heteroatoms. The molecule has 7 nitrogen and oxygen atoms in total. The molecule has 0 bridgehead atoms. The minimum atomic E-state index is -0.146. The van der Waals surface area contributed by atoms with Crippen LogP contribution in [-0.4, -0.2) is 40.1 Å². The van der Waals surface area contributed by atoms with Crippen LogP contribution in [0.4, 0.5) is 11.6 Å². The Morgan fingerprint density at radius 1 is 1.09 bits per heavy atom. The minimum Gasteiger partial charge on any atom is -0.358 e. The van der Waals surface area contributed by atoms with Gasteiger partial charge in [0.2, 0.25) is 0 Å². The molecule has 0 aromatic carbocycles. The lowest BCUT2D eigenvalue weighted by molar-refractivity contribution is 0.786. The molecule has 0 fully saturated rings. The number of H-pyrrole nitrogens is 1. The highest BCUT2D eigenvalue weighted by atomic mass is 16.1. The lowest BCUT2D eigenvalue weighted by Gasteiger charge is -2.22. The highest BCUT2D eigenvalue weighted by molar-refractivity contribution is 5.87. The number of fused-ring (bicyclic) bond motifs is 2. The average Bonchev–Trinajstić information content (AvgIpc) is 2.75. The fraction of sp³-hybridized carbons (Fsp3) is 0.250. The van der Waals surface area contributed by atoms with Crippen LogP contribution >= 0.6 is 0 Å². The van der Waals surface area contributed by atoms with Crippen molar-refractivity contribution in [2.45, 2.75) is 6.54 Å². The number of aromatic amines is 1. The maximum Gasteiger partial charge on any atom is 0.258 e. The zero-order valence-electron chi connectivity index (χ0n) is 12.7. The molecule has 0 spiro atoms. The van der Waals surface area contributed by atoms with Crippen molar-refractivity contribution in [3.8, 4) is 0 Å². The second-order valence-corrected chi connectivity index (χ2v) is 5.59. The number of aromatic nitrogens is 4. The summed E-state index contributed by atoms with van der Waals surface area (Å²) in [6.45, 7) is 2.30. The van der Waals surface area contributed by atoms with E-state index in [1.165, 1.54) is 6.33 Å².